The van der Waals surface area contributed by atoms with Crippen molar-refractivity contribution in [1.82, 2.24) is 5.43 Å². The van der Waals surface area contributed by atoms with E-state index in [0.29, 0.717) is 37.7 Å². The molecule has 0 unspecified atom stereocenters. The van der Waals surface area contributed by atoms with E-state index in [0.717, 1.165) is 17.1 Å². The lowest BCUT2D eigenvalue weighted by Gasteiger charge is -2.31. The molecule has 0 aliphatic carbocycles. The van der Waals surface area contributed by atoms with E-state index in [-0.39, 0.29) is 35.9 Å². The average Bonchev–Trinajstić information content (AvgIpc) is 2.80. The summed E-state index contributed by atoms with van der Waals surface area (Å²) in [4.78, 5) is 38.3. The molecule has 2 aromatic carbocycles. The number of rotatable bonds is 4. The Labute approximate surface area is 187 Å². The number of benzene rings is 2. The van der Waals surface area contributed by atoms with E-state index < -0.39 is 17.6 Å². The molecule has 2 saturated heterocycles. The molecule has 3 amide bonds. The minimum atomic E-state index is -4.56. The lowest BCUT2D eigenvalue weighted by Crippen LogP contribution is -2.50. The number of amides is 3. The Kier molecular flexibility index (Phi) is 6.23. The number of morpholine rings is 1. The summed E-state index contributed by atoms with van der Waals surface area (Å²) < 4.78 is 45.1. The molecule has 33 heavy (non-hydrogen) atoms. The van der Waals surface area contributed by atoms with Crippen LogP contribution in [0.25, 0.3) is 0 Å². The normalized spacial score (nSPS) is 17.1. The van der Waals surface area contributed by atoms with E-state index in [9.17, 15) is 27.6 Å². The molecule has 0 atom stereocenters. The highest BCUT2D eigenvalue weighted by Crippen LogP contribution is 2.36. The minimum absolute atomic E-state index is 0.0410. The Morgan fingerprint density at radius 2 is 1.70 bits per heavy atom. The summed E-state index contributed by atoms with van der Waals surface area (Å²) in [5.41, 5.74) is 2.65. The molecule has 174 valence electrons. The summed E-state index contributed by atoms with van der Waals surface area (Å²) in [5.74, 6) is -1.19. The second-order valence-corrected chi connectivity index (χ2v) is 7.59. The number of nitrogens with zero attached hydrogens (tertiary/aromatic N) is 2. The van der Waals surface area contributed by atoms with Gasteiger partial charge in [0.05, 0.1) is 35.8 Å². The van der Waals surface area contributed by atoms with E-state index in [4.69, 9.17) is 4.74 Å². The van der Waals surface area contributed by atoms with Gasteiger partial charge < -0.3 is 15.0 Å². The van der Waals surface area contributed by atoms with E-state index >= 15 is 0 Å². The summed E-state index contributed by atoms with van der Waals surface area (Å²) >= 11 is 0. The molecule has 0 saturated carbocycles. The highest BCUT2D eigenvalue weighted by Gasteiger charge is 2.32. The van der Waals surface area contributed by atoms with Crippen molar-refractivity contribution >= 4 is 34.8 Å². The van der Waals surface area contributed by atoms with Crippen molar-refractivity contribution in [2.75, 3.05) is 41.5 Å². The third-order valence-electron chi connectivity index (χ3n) is 5.36. The van der Waals surface area contributed by atoms with Crippen molar-refractivity contribution in [1.29, 1.82) is 0 Å². The van der Waals surface area contributed by atoms with Crippen LogP contribution >= 0.6 is 0 Å². The van der Waals surface area contributed by atoms with Crippen molar-refractivity contribution < 1.29 is 32.3 Å². The van der Waals surface area contributed by atoms with Gasteiger partial charge in [0, 0.05) is 31.5 Å². The Hall–Kier alpha value is -3.60. The third kappa shape index (κ3) is 5.08. The lowest BCUT2D eigenvalue weighted by molar-refractivity contribution is -0.137. The van der Waals surface area contributed by atoms with Crippen LogP contribution in [0.1, 0.15) is 28.8 Å². The fourth-order valence-electron chi connectivity index (χ4n) is 3.63. The first-order valence-corrected chi connectivity index (χ1v) is 10.3. The Morgan fingerprint density at radius 1 is 1.00 bits per heavy atom. The topological polar surface area (TPSA) is 91.0 Å². The van der Waals surface area contributed by atoms with Crippen LogP contribution in [0, 0.1) is 0 Å². The van der Waals surface area contributed by atoms with Crippen molar-refractivity contribution in [2.45, 2.75) is 19.0 Å². The van der Waals surface area contributed by atoms with Crippen molar-refractivity contribution in [3.8, 4) is 0 Å². The van der Waals surface area contributed by atoms with Gasteiger partial charge in [-0.05, 0) is 42.5 Å². The van der Waals surface area contributed by atoms with Gasteiger partial charge in [-0.2, -0.15) is 13.2 Å². The smallest absolute Gasteiger partial charge is 0.378 e. The second-order valence-electron chi connectivity index (χ2n) is 7.59. The molecular weight excluding hydrogens is 441 g/mol. The van der Waals surface area contributed by atoms with Crippen LogP contribution < -0.4 is 20.7 Å². The molecule has 0 radical (unpaired) electrons. The lowest BCUT2D eigenvalue weighted by atomic mass is 10.1. The molecule has 11 heteroatoms. The summed E-state index contributed by atoms with van der Waals surface area (Å²) in [7, 11) is 0. The Balaban J connectivity index is 1.56. The number of ether oxygens (including phenoxy) is 1. The van der Waals surface area contributed by atoms with Crippen LogP contribution in [0.15, 0.2) is 42.5 Å². The highest BCUT2D eigenvalue weighted by molar-refractivity contribution is 6.07. The molecule has 0 bridgehead atoms. The van der Waals surface area contributed by atoms with Crippen molar-refractivity contribution in [3.63, 3.8) is 0 Å². The van der Waals surface area contributed by atoms with Gasteiger partial charge in [0.1, 0.15) is 0 Å². The van der Waals surface area contributed by atoms with Gasteiger partial charge >= 0.3 is 6.18 Å². The zero-order valence-corrected chi connectivity index (χ0v) is 17.4. The number of hydrogen-bond acceptors (Lipinski definition) is 5. The first-order valence-electron chi connectivity index (χ1n) is 10.3. The van der Waals surface area contributed by atoms with Crippen LogP contribution in [-0.2, 0) is 20.5 Å². The van der Waals surface area contributed by atoms with E-state index in [1.807, 2.05) is 4.90 Å². The molecule has 2 N–H and O–H groups in total. The van der Waals surface area contributed by atoms with Gasteiger partial charge in [-0.25, -0.2) is 5.01 Å². The molecule has 2 aliphatic heterocycles. The Bertz CT molecular complexity index is 1070. The zero-order valence-electron chi connectivity index (χ0n) is 17.4. The van der Waals surface area contributed by atoms with Gasteiger partial charge in [-0.3, -0.25) is 19.8 Å². The first-order chi connectivity index (χ1) is 15.7. The fraction of sp³-hybridized carbons (Fsp3) is 0.318. The molecule has 2 fully saturated rings. The van der Waals surface area contributed by atoms with Crippen LogP contribution in [0.4, 0.5) is 30.2 Å². The number of alkyl halides is 3. The molecular formula is C22H21F3N4O4. The average molecular weight is 462 g/mol. The largest absolute Gasteiger partial charge is 0.416 e. The minimum Gasteiger partial charge on any atom is -0.378 e. The first kappa shape index (κ1) is 22.6. The van der Waals surface area contributed by atoms with Crippen LogP contribution in [-0.4, -0.2) is 44.0 Å². The number of anilines is 3. The van der Waals surface area contributed by atoms with Gasteiger partial charge in [0.2, 0.25) is 11.8 Å². The summed E-state index contributed by atoms with van der Waals surface area (Å²) in [6, 6.07) is 9.07. The third-order valence-corrected chi connectivity index (χ3v) is 5.36. The second kappa shape index (κ2) is 9.10. The van der Waals surface area contributed by atoms with E-state index in [2.05, 4.69) is 10.7 Å². The van der Waals surface area contributed by atoms with Crippen LogP contribution in [0.2, 0.25) is 0 Å². The molecule has 2 heterocycles. The maximum atomic E-state index is 13.3. The number of nitrogens with one attached hydrogen (secondary N) is 2. The number of hydrogen-bond donors (Lipinski definition) is 2. The number of carbonyl (C=O) groups excluding carboxylic acids is 3. The molecule has 0 spiro atoms. The molecule has 4 rings (SSSR count). The van der Waals surface area contributed by atoms with Crippen LogP contribution in [0.3, 0.4) is 0 Å². The number of carbonyl (C=O) groups is 3. The number of hydrazine groups is 1. The Morgan fingerprint density at radius 3 is 2.36 bits per heavy atom. The van der Waals surface area contributed by atoms with Gasteiger partial charge in [0.15, 0.2) is 0 Å². The summed E-state index contributed by atoms with van der Waals surface area (Å²) in [6.45, 7) is 1.83. The van der Waals surface area contributed by atoms with Crippen LogP contribution in [0.5, 0.6) is 0 Å². The quantitative estimate of drug-likeness (QED) is 0.729. The molecule has 2 aromatic rings. The van der Waals surface area contributed by atoms with Crippen molar-refractivity contribution in [2.24, 2.45) is 0 Å². The van der Waals surface area contributed by atoms with Gasteiger partial charge in [0.25, 0.3) is 5.91 Å². The summed E-state index contributed by atoms with van der Waals surface area (Å²) in [5, 5.41) is 3.69. The molecule has 2 aliphatic rings. The fourth-order valence-corrected chi connectivity index (χ4v) is 3.63. The highest BCUT2D eigenvalue weighted by atomic mass is 19.4. The van der Waals surface area contributed by atoms with E-state index in [1.165, 1.54) is 30.3 Å². The molecule has 0 aromatic heterocycles. The standard InChI is InChI=1S/C22H21F3N4O4/c23-22(24,25)15-3-6-18(28-9-11-33-12-10-28)17(13-15)26-21(32)14-1-4-16(5-2-14)29-20(31)8-7-19(30)27-29/h1-6,13H,7-12H2,(H,26,32)(H,27,30). The van der Waals surface area contributed by atoms with Gasteiger partial charge in [-0.15, -0.1) is 0 Å². The molecule has 8 nitrogen and oxygen atoms in total. The van der Waals surface area contributed by atoms with Crippen molar-refractivity contribution in [3.05, 3.63) is 53.6 Å². The van der Waals surface area contributed by atoms with E-state index in [1.54, 1.807) is 0 Å². The predicted molar refractivity (Wildman–Crippen MR) is 114 cm³/mol. The maximum Gasteiger partial charge on any atom is 0.416 e. The SMILES string of the molecule is O=C1CCC(=O)N(c2ccc(C(=O)Nc3cc(C(F)(F)F)ccc3N3CCOCC3)cc2)N1. The monoisotopic (exact) mass is 462 g/mol. The maximum absolute atomic E-state index is 13.3. The zero-order chi connectivity index (χ0) is 23.6. The predicted octanol–water partition coefficient (Wildman–Crippen LogP) is 2.95. The summed E-state index contributed by atoms with van der Waals surface area (Å²) in [6.07, 6.45) is -4.37. The number of halogens is 3. The van der Waals surface area contributed by atoms with Gasteiger partial charge in [-0.1, -0.05) is 0 Å².